The molecule has 0 aromatic heterocycles. The van der Waals surface area contributed by atoms with Crippen molar-refractivity contribution in [2.24, 2.45) is 0 Å². The predicted molar refractivity (Wildman–Crippen MR) is 35.0 cm³/mol. The van der Waals surface area contributed by atoms with E-state index in [0.29, 0.717) is 0 Å². The van der Waals surface area contributed by atoms with Crippen LogP contribution in [0.4, 0.5) is 0 Å². The first kappa shape index (κ1) is 4.70. The molecule has 0 heterocycles. The van der Waals surface area contributed by atoms with E-state index in [1.54, 1.807) is 0 Å². The zero-order chi connectivity index (χ0) is 5.11. The van der Waals surface area contributed by atoms with Crippen molar-refractivity contribution in [1.82, 2.24) is 0 Å². The fraction of sp³-hybridized carbons (Fsp3) is 0.333. The Morgan fingerprint density at radius 2 is 2.29 bits per heavy atom. The molecule has 0 aromatic carbocycles. The molecule has 0 unspecified atom stereocenters. The molecule has 0 aromatic rings. The maximum Gasteiger partial charge on any atom is 0.138 e. The molecule has 0 spiro atoms. The highest BCUT2D eigenvalue weighted by Crippen LogP contribution is 2.04. The first-order chi connectivity index (χ1) is 3.39. The van der Waals surface area contributed by atoms with Crippen LogP contribution in [0.5, 0.6) is 0 Å². The van der Waals surface area contributed by atoms with E-state index in [9.17, 15) is 0 Å². The van der Waals surface area contributed by atoms with Crippen LogP contribution in [-0.4, -0.2) is 7.85 Å². The van der Waals surface area contributed by atoms with E-state index in [1.165, 1.54) is 18.3 Å². The Kier molecular flexibility index (Phi) is 1.35. The van der Waals surface area contributed by atoms with E-state index in [4.69, 9.17) is 0 Å². The third-order valence-corrected chi connectivity index (χ3v) is 1.18. The molecule has 0 amide bonds. The Balaban J connectivity index is 2.58. The molecule has 1 heteroatoms. The molecule has 0 aliphatic heterocycles. The van der Waals surface area contributed by atoms with Gasteiger partial charge in [0.1, 0.15) is 7.85 Å². The molecule has 0 N–H and O–H groups in total. The fourth-order valence-electron chi connectivity index (χ4n) is 0.744. The van der Waals surface area contributed by atoms with Gasteiger partial charge in [0.25, 0.3) is 0 Å². The van der Waals surface area contributed by atoms with Gasteiger partial charge in [0.2, 0.25) is 0 Å². The minimum atomic E-state index is 1.23. The normalized spacial score (nSPS) is 19.1. The number of hydrogen-bond donors (Lipinski definition) is 0. The van der Waals surface area contributed by atoms with Crippen molar-refractivity contribution in [2.75, 3.05) is 0 Å². The summed E-state index contributed by atoms with van der Waals surface area (Å²) in [7, 11) is 2.13. The van der Waals surface area contributed by atoms with Crippen molar-refractivity contribution in [2.45, 2.75) is 12.8 Å². The van der Waals surface area contributed by atoms with Crippen LogP contribution in [0.1, 0.15) is 12.8 Å². The van der Waals surface area contributed by atoms with E-state index in [1.807, 2.05) is 0 Å². The first-order valence-corrected chi connectivity index (χ1v) is 2.73. The van der Waals surface area contributed by atoms with Crippen molar-refractivity contribution in [3.63, 3.8) is 0 Å². The van der Waals surface area contributed by atoms with Crippen LogP contribution >= 0.6 is 0 Å². The van der Waals surface area contributed by atoms with E-state index < -0.39 is 0 Å². The molecular weight excluding hydrogens is 82.9 g/mol. The monoisotopic (exact) mass is 92.1 g/mol. The molecule has 0 bridgehead atoms. The third-order valence-electron chi connectivity index (χ3n) is 1.18. The Morgan fingerprint density at radius 1 is 1.43 bits per heavy atom. The Bertz CT molecular complexity index is 111. The SMILES string of the molecule is BC1=CCCC=C1. The summed E-state index contributed by atoms with van der Waals surface area (Å²) in [4.78, 5) is 0. The highest BCUT2D eigenvalue weighted by Gasteiger charge is 1.86. The highest BCUT2D eigenvalue weighted by atomic mass is 13.9. The lowest BCUT2D eigenvalue weighted by Crippen LogP contribution is -1.80. The van der Waals surface area contributed by atoms with Crippen LogP contribution in [0, 0.1) is 0 Å². The zero-order valence-corrected chi connectivity index (χ0v) is 4.65. The zero-order valence-electron chi connectivity index (χ0n) is 4.65. The van der Waals surface area contributed by atoms with Gasteiger partial charge < -0.3 is 0 Å². The van der Waals surface area contributed by atoms with E-state index >= 15 is 0 Å². The van der Waals surface area contributed by atoms with E-state index in [2.05, 4.69) is 26.1 Å². The summed E-state index contributed by atoms with van der Waals surface area (Å²) < 4.78 is 0. The van der Waals surface area contributed by atoms with Crippen molar-refractivity contribution >= 4 is 7.85 Å². The maximum atomic E-state index is 2.26. The lowest BCUT2D eigenvalue weighted by atomic mass is 9.91. The van der Waals surface area contributed by atoms with Crippen LogP contribution in [0.15, 0.2) is 23.7 Å². The molecule has 0 nitrogen and oxygen atoms in total. The summed E-state index contributed by atoms with van der Waals surface area (Å²) in [5.74, 6) is 0. The predicted octanol–water partition coefficient (Wildman–Crippen LogP) is 0.853. The van der Waals surface area contributed by atoms with Gasteiger partial charge in [0, 0.05) is 0 Å². The van der Waals surface area contributed by atoms with E-state index in [0.717, 1.165) is 0 Å². The lowest BCUT2D eigenvalue weighted by molar-refractivity contribution is 1.03. The van der Waals surface area contributed by atoms with Gasteiger partial charge in [-0.05, 0) is 12.8 Å². The van der Waals surface area contributed by atoms with Gasteiger partial charge in [-0.1, -0.05) is 23.7 Å². The second-order valence-electron chi connectivity index (χ2n) is 1.93. The van der Waals surface area contributed by atoms with Crippen LogP contribution in [-0.2, 0) is 0 Å². The summed E-state index contributed by atoms with van der Waals surface area (Å²) in [6, 6.07) is 0. The molecule has 0 atom stereocenters. The Labute approximate surface area is 45.3 Å². The molecule has 0 fully saturated rings. The molecule has 0 saturated heterocycles. The van der Waals surface area contributed by atoms with Gasteiger partial charge in [-0.15, -0.1) is 0 Å². The van der Waals surface area contributed by atoms with Crippen LogP contribution < -0.4 is 0 Å². The van der Waals surface area contributed by atoms with Crippen molar-refractivity contribution in [1.29, 1.82) is 0 Å². The minimum absolute atomic E-state index is 1.23. The van der Waals surface area contributed by atoms with Gasteiger partial charge in [-0.2, -0.15) is 0 Å². The molecule has 1 aliphatic rings. The van der Waals surface area contributed by atoms with Gasteiger partial charge in [-0.25, -0.2) is 0 Å². The van der Waals surface area contributed by atoms with Gasteiger partial charge in [0.15, 0.2) is 0 Å². The largest absolute Gasteiger partial charge is 0.138 e. The third kappa shape index (κ3) is 1.22. The van der Waals surface area contributed by atoms with Gasteiger partial charge in [-0.3, -0.25) is 0 Å². The van der Waals surface area contributed by atoms with Crippen LogP contribution in [0.3, 0.4) is 0 Å². The van der Waals surface area contributed by atoms with Crippen molar-refractivity contribution < 1.29 is 0 Å². The van der Waals surface area contributed by atoms with Gasteiger partial charge >= 0.3 is 0 Å². The Hall–Kier alpha value is -0.455. The molecule has 0 saturated carbocycles. The highest BCUT2D eigenvalue weighted by molar-refractivity contribution is 6.23. The van der Waals surface area contributed by atoms with Gasteiger partial charge in [0.05, 0.1) is 0 Å². The maximum absolute atomic E-state index is 2.26. The molecule has 0 radical (unpaired) electrons. The lowest BCUT2D eigenvalue weighted by Gasteiger charge is -1.96. The van der Waals surface area contributed by atoms with Crippen LogP contribution in [0.2, 0.25) is 0 Å². The molecule has 7 heavy (non-hydrogen) atoms. The van der Waals surface area contributed by atoms with E-state index in [-0.39, 0.29) is 0 Å². The Morgan fingerprint density at radius 3 is 2.57 bits per heavy atom. The standard InChI is InChI=1S/C6H9B/c7-6-4-2-1-3-5-6/h2,4-5H,1,3,7H2. The topological polar surface area (TPSA) is 0 Å². The summed E-state index contributed by atoms with van der Waals surface area (Å²) in [5, 5.41) is 0. The summed E-state index contributed by atoms with van der Waals surface area (Å²) in [6.45, 7) is 0. The molecule has 1 aliphatic carbocycles. The fourth-order valence-corrected chi connectivity index (χ4v) is 0.744. The average molecular weight is 91.9 g/mol. The quantitative estimate of drug-likeness (QED) is 0.388. The molecular formula is C6H9B. The second-order valence-corrected chi connectivity index (χ2v) is 1.93. The summed E-state index contributed by atoms with van der Waals surface area (Å²) in [5.41, 5.74) is 1.41. The number of allylic oxidation sites excluding steroid dienone is 4. The number of rotatable bonds is 0. The minimum Gasteiger partial charge on any atom is -0.0932 e. The van der Waals surface area contributed by atoms with Crippen LogP contribution in [0.25, 0.3) is 0 Å². The molecule has 36 valence electrons. The second kappa shape index (κ2) is 2.01. The first-order valence-electron chi connectivity index (χ1n) is 2.73. The average Bonchev–Trinajstić information content (AvgIpc) is 1.69. The smallest absolute Gasteiger partial charge is 0.0932 e. The molecule has 1 rings (SSSR count). The summed E-state index contributed by atoms with van der Waals surface area (Å²) in [6.07, 6.45) is 9.12. The van der Waals surface area contributed by atoms with Crippen molar-refractivity contribution in [3.05, 3.63) is 23.7 Å². The number of hydrogen-bond acceptors (Lipinski definition) is 0. The summed E-state index contributed by atoms with van der Waals surface area (Å²) >= 11 is 0. The van der Waals surface area contributed by atoms with Crippen molar-refractivity contribution in [3.8, 4) is 0 Å².